The Balaban J connectivity index is 1.76. The van der Waals surface area contributed by atoms with Gasteiger partial charge in [0.05, 0.1) is 12.1 Å². The van der Waals surface area contributed by atoms with E-state index in [9.17, 15) is 9.59 Å². The number of hydrogen-bond acceptors (Lipinski definition) is 4. The number of pyridine rings is 1. The summed E-state index contributed by atoms with van der Waals surface area (Å²) in [6.45, 7) is 2.21. The van der Waals surface area contributed by atoms with Crippen LogP contribution in [0.1, 0.15) is 26.4 Å². The molecule has 0 aliphatic rings. The minimum absolute atomic E-state index is 0.117. The molecule has 0 bridgehead atoms. The summed E-state index contributed by atoms with van der Waals surface area (Å²) in [6.07, 6.45) is 1.55. The van der Waals surface area contributed by atoms with Gasteiger partial charge in [-0.15, -0.1) is 0 Å². The molecule has 5 heteroatoms. The molecule has 0 atom stereocenters. The Morgan fingerprint density at radius 2 is 1.90 bits per heavy atom. The number of amides is 1. The van der Waals surface area contributed by atoms with Crippen molar-refractivity contribution in [2.24, 2.45) is 0 Å². The zero-order valence-corrected chi connectivity index (χ0v) is 11.7. The zero-order valence-electron chi connectivity index (χ0n) is 11.7. The molecule has 0 saturated heterocycles. The Bertz CT molecular complexity index is 626. The van der Waals surface area contributed by atoms with Crippen molar-refractivity contribution < 1.29 is 14.3 Å². The van der Waals surface area contributed by atoms with Gasteiger partial charge in [0, 0.05) is 6.20 Å². The van der Waals surface area contributed by atoms with Crippen molar-refractivity contribution in [1.29, 1.82) is 0 Å². The molecule has 0 aliphatic carbocycles. The first-order valence-corrected chi connectivity index (χ1v) is 6.60. The second-order valence-corrected chi connectivity index (χ2v) is 4.42. The van der Waals surface area contributed by atoms with Crippen LogP contribution >= 0.6 is 0 Å². The van der Waals surface area contributed by atoms with E-state index in [-0.39, 0.29) is 25.0 Å². The van der Waals surface area contributed by atoms with Crippen molar-refractivity contribution in [2.75, 3.05) is 13.2 Å². The molecule has 1 heterocycles. The van der Waals surface area contributed by atoms with Crippen LogP contribution in [0, 0.1) is 6.92 Å². The van der Waals surface area contributed by atoms with E-state index >= 15 is 0 Å². The Morgan fingerprint density at radius 3 is 2.62 bits per heavy atom. The molecule has 1 aromatic heterocycles. The number of nitrogens with one attached hydrogen (secondary N) is 1. The molecular formula is C16H16N2O3. The van der Waals surface area contributed by atoms with E-state index in [1.165, 1.54) is 0 Å². The summed E-state index contributed by atoms with van der Waals surface area (Å²) in [4.78, 5) is 27.5. The monoisotopic (exact) mass is 284 g/mol. The lowest BCUT2D eigenvalue weighted by atomic mass is 10.1. The maximum absolute atomic E-state index is 11.8. The Hall–Kier alpha value is -2.69. The molecule has 0 aliphatic heterocycles. The van der Waals surface area contributed by atoms with E-state index in [2.05, 4.69) is 10.3 Å². The highest BCUT2D eigenvalue weighted by atomic mass is 16.5. The number of hydrogen-bond donors (Lipinski definition) is 1. The molecule has 1 aromatic carbocycles. The molecule has 0 radical (unpaired) electrons. The van der Waals surface area contributed by atoms with Crippen LogP contribution in [0.3, 0.4) is 0 Å². The van der Waals surface area contributed by atoms with E-state index in [1.54, 1.807) is 36.5 Å². The number of benzene rings is 1. The summed E-state index contributed by atoms with van der Waals surface area (Å²) in [5.74, 6) is -0.678. The SMILES string of the molecule is Cc1ccccc1C(=O)OCCNC(=O)c1ccccn1. The third kappa shape index (κ3) is 4.14. The van der Waals surface area contributed by atoms with E-state index in [0.29, 0.717) is 11.3 Å². The molecule has 0 fully saturated rings. The van der Waals surface area contributed by atoms with Gasteiger partial charge in [-0.25, -0.2) is 4.79 Å². The quantitative estimate of drug-likeness (QED) is 0.673. The van der Waals surface area contributed by atoms with Gasteiger partial charge in [0.2, 0.25) is 0 Å². The predicted octanol–water partition coefficient (Wildman–Crippen LogP) is 1.98. The first kappa shape index (κ1) is 14.7. The molecule has 2 aromatic rings. The van der Waals surface area contributed by atoms with Gasteiger partial charge in [0.1, 0.15) is 12.3 Å². The number of nitrogens with zero attached hydrogens (tertiary/aromatic N) is 1. The zero-order chi connectivity index (χ0) is 15.1. The standard InChI is InChI=1S/C16H16N2O3/c1-12-6-2-3-7-13(12)16(20)21-11-10-18-15(19)14-8-4-5-9-17-14/h2-9H,10-11H2,1H3,(H,18,19). The lowest BCUT2D eigenvalue weighted by molar-refractivity contribution is 0.0502. The number of carbonyl (C=O) groups excluding carboxylic acids is 2. The summed E-state index contributed by atoms with van der Waals surface area (Å²) in [5, 5.41) is 2.64. The minimum atomic E-state index is -0.389. The number of rotatable bonds is 5. The average molecular weight is 284 g/mol. The average Bonchev–Trinajstić information content (AvgIpc) is 2.52. The lowest BCUT2D eigenvalue weighted by Crippen LogP contribution is -2.28. The number of carbonyl (C=O) groups is 2. The van der Waals surface area contributed by atoms with Crippen LogP contribution in [0.5, 0.6) is 0 Å². The van der Waals surface area contributed by atoms with Crippen LogP contribution in [0.15, 0.2) is 48.7 Å². The van der Waals surface area contributed by atoms with Gasteiger partial charge in [0.25, 0.3) is 5.91 Å². The van der Waals surface area contributed by atoms with Crippen LogP contribution in [-0.4, -0.2) is 30.0 Å². The summed E-state index contributed by atoms with van der Waals surface area (Å²) >= 11 is 0. The molecule has 1 amide bonds. The second-order valence-electron chi connectivity index (χ2n) is 4.42. The van der Waals surface area contributed by atoms with Crippen LogP contribution in [-0.2, 0) is 4.74 Å². The van der Waals surface area contributed by atoms with Gasteiger partial charge >= 0.3 is 5.97 Å². The van der Waals surface area contributed by atoms with Crippen LogP contribution in [0.2, 0.25) is 0 Å². The van der Waals surface area contributed by atoms with E-state index in [0.717, 1.165) is 5.56 Å². The maximum Gasteiger partial charge on any atom is 0.338 e. The Kier molecular flexibility index (Phi) is 5.04. The fourth-order valence-electron chi connectivity index (χ4n) is 1.78. The van der Waals surface area contributed by atoms with Gasteiger partial charge < -0.3 is 10.1 Å². The molecule has 1 N–H and O–H groups in total. The van der Waals surface area contributed by atoms with Crippen molar-refractivity contribution in [3.63, 3.8) is 0 Å². The number of aryl methyl sites for hydroxylation is 1. The summed E-state index contributed by atoms with van der Waals surface area (Å²) in [5.41, 5.74) is 1.73. The van der Waals surface area contributed by atoms with E-state index < -0.39 is 0 Å². The Labute approximate surface area is 123 Å². The normalized spacial score (nSPS) is 9.95. The largest absolute Gasteiger partial charge is 0.460 e. The number of ether oxygens (including phenoxy) is 1. The molecule has 2 rings (SSSR count). The molecule has 108 valence electrons. The smallest absolute Gasteiger partial charge is 0.338 e. The van der Waals surface area contributed by atoms with Crippen LogP contribution in [0.4, 0.5) is 0 Å². The topological polar surface area (TPSA) is 68.3 Å². The highest BCUT2D eigenvalue weighted by Crippen LogP contribution is 2.08. The van der Waals surface area contributed by atoms with Gasteiger partial charge in [-0.1, -0.05) is 24.3 Å². The van der Waals surface area contributed by atoms with Crippen molar-refractivity contribution in [3.8, 4) is 0 Å². The molecule has 21 heavy (non-hydrogen) atoms. The van der Waals surface area contributed by atoms with Crippen LogP contribution in [0.25, 0.3) is 0 Å². The lowest BCUT2D eigenvalue weighted by Gasteiger charge is -2.08. The highest BCUT2D eigenvalue weighted by Gasteiger charge is 2.10. The molecule has 0 saturated carbocycles. The van der Waals surface area contributed by atoms with Crippen molar-refractivity contribution in [1.82, 2.24) is 10.3 Å². The van der Waals surface area contributed by atoms with Crippen molar-refractivity contribution in [3.05, 3.63) is 65.5 Å². The van der Waals surface area contributed by atoms with Gasteiger partial charge in [-0.05, 0) is 30.7 Å². The number of aromatic nitrogens is 1. The van der Waals surface area contributed by atoms with E-state index in [1.807, 2.05) is 19.1 Å². The third-order valence-corrected chi connectivity index (χ3v) is 2.88. The predicted molar refractivity (Wildman–Crippen MR) is 78.0 cm³/mol. The Morgan fingerprint density at radius 1 is 1.14 bits per heavy atom. The minimum Gasteiger partial charge on any atom is -0.460 e. The molecule has 0 unspecified atom stereocenters. The van der Waals surface area contributed by atoms with Crippen molar-refractivity contribution >= 4 is 11.9 Å². The first-order valence-electron chi connectivity index (χ1n) is 6.60. The van der Waals surface area contributed by atoms with Gasteiger partial charge in [0.15, 0.2) is 0 Å². The summed E-state index contributed by atoms with van der Waals surface area (Å²) in [6, 6.07) is 12.3. The van der Waals surface area contributed by atoms with Gasteiger partial charge in [-0.3, -0.25) is 9.78 Å². The fourth-order valence-corrected chi connectivity index (χ4v) is 1.78. The van der Waals surface area contributed by atoms with E-state index in [4.69, 9.17) is 4.74 Å². The molecular weight excluding hydrogens is 268 g/mol. The van der Waals surface area contributed by atoms with Crippen LogP contribution < -0.4 is 5.32 Å². The first-order chi connectivity index (χ1) is 10.2. The second kappa shape index (κ2) is 7.19. The maximum atomic E-state index is 11.8. The molecule has 0 spiro atoms. The molecule has 5 nitrogen and oxygen atoms in total. The van der Waals surface area contributed by atoms with Gasteiger partial charge in [-0.2, -0.15) is 0 Å². The number of esters is 1. The fraction of sp³-hybridized carbons (Fsp3) is 0.188. The summed E-state index contributed by atoms with van der Waals surface area (Å²) in [7, 11) is 0. The van der Waals surface area contributed by atoms with Crippen molar-refractivity contribution in [2.45, 2.75) is 6.92 Å². The summed E-state index contributed by atoms with van der Waals surface area (Å²) < 4.78 is 5.12. The third-order valence-electron chi connectivity index (χ3n) is 2.88. The highest BCUT2D eigenvalue weighted by molar-refractivity contribution is 5.92.